The third kappa shape index (κ3) is 2.77. The van der Waals surface area contributed by atoms with Gasteiger partial charge in [-0.05, 0) is 71.4 Å². The van der Waals surface area contributed by atoms with E-state index in [1.54, 1.807) is 0 Å². The van der Waals surface area contributed by atoms with Crippen LogP contribution < -0.4 is 0 Å². The predicted octanol–water partition coefficient (Wildman–Crippen LogP) is 3.65. The van der Waals surface area contributed by atoms with Gasteiger partial charge in [-0.2, -0.15) is 0 Å². The first-order chi connectivity index (χ1) is 9.51. The van der Waals surface area contributed by atoms with Gasteiger partial charge in [0, 0.05) is 11.6 Å². The van der Waals surface area contributed by atoms with E-state index in [2.05, 4.69) is 69.1 Å². The highest BCUT2D eigenvalue weighted by molar-refractivity contribution is 5.33. The molecule has 0 bridgehead atoms. The zero-order chi connectivity index (χ0) is 14.8. The van der Waals surface area contributed by atoms with Gasteiger partial charge < -0.3 is 4.90 Å². The van der Waals surface area contributed by atoms with Crippen LogP contribution in [-0.4, -0.2) is 43.5 Å². The first kappa shape index (κ1) is 15.5. The van der Waals surface area contributed by atoms with Gasteiger partial charge in [0.15, 0.2) is 0 Å². The van der Waals surface area contributed by atoms with Crippen molar-refractivity contribution in [1.29, 1.82) is 0 Å². The Kier molecular flexibility index (Phi) is 4.87. The molecule has 112 valence electrons. The molecule has 0 atom stereocenters. The fourth-order valence-electron chi connectivity index (χ4n) is 3.83. The average molecular weight is 274 g/mol. The lowest BCUT2D eigenvalue weighted by Crippen LogP contribution is -2.48. The number of hydrogen-bond donors (Lipinski definition) is 0. The summed E-state index contributed by atoms with van der Waals surface area (Å²) in [6.07, 6.45) is 5.13. The van der Waals surface area contributed by atoms with Crippen LogP contribution >= 0.6 is 0 Å². The molecule has 20 heavy (non-hydrogen) atoms. The van der Waals surface area contributed by atoms with Crippen LogP contribution in [0.15, 0.2) is 24.3 Å². The van der Waals surface area contributed by atoms with E-state index in [0.717, 1.165) is 12.6 Å². The molecule has 2 heteroatoms. The van der Waals surface area contributed by atoms with E-state index in [9.17, 15) is 0 Å². The molecular formula is C18H30N2. The Morgan fingerprint density at radius 2 is 1.70 bits per heavy atom. The van der Waals surface area contributed by atoms with Crippen molar-refractivity contribution >= 4 is 0 Å². The second kappa shape index (κ2) is 6.28. The Morgan fingerprint density at radius 1 is 1.10 bits per heavy atom. The van der Waals surface area contributed by atoms with Gasteiger partial charge in [0.05, 0.1) is 0 Å². The standard InChI is InChI=1S/C18H30N2/c1-6-20(5)16-11-13-18(14-12-16,19(3)4)17-10-8-7-9-15(17)2/h7-10,16H,6,11-14H2,1-5H3. The van der Waals surface area contributed by atoms with Crippen LogP contribution in [0.2, 0.25) is 0 Å². The fourth-order valence-corrected chi connectivity index (χ4v) is 3.83. The lowest BCUT2D eigenvalue weighted by molar-refractivity contribution is 0.0584. The van der Waals surface area contributed by atoms with Gasteiger partial charge >= 0.3 is 0 Å². The highest BCUT2D eigenvalue weighted by Crippen LogP contribution is 2.43. The lowest BCUT2D eigenvalue weighted by Gasteiger charge is -2.47. The summed E-state index contributed by atoms with van der Waals surface area (Å²) < 4.78 is 0. The lowest BCUT2D eigenvalue weighted by atomic mass is 9.72. The average Bonchev–Trinajstić information content (AvgIpc) is 2.47. The van der Waals surface area contributed by atoms with Crippen molar-refractivity contribution in [3.8, 4) is 0 Å². The first-order valence-electron chi connectivity index (χ1n) is 7.95. The van der Waals surface area contributed by atoms with E-state index >= 15 is 0 Å². The third-order valence-electron chi connectivity index (χ3n) is 5.41. The molecule has 2 nitrogen and oxygen atoms in total. The number of nitrogens with zero attached hydrogens (tertiary/aromatic N) is 2. The molecule has 1 saturated carbocycles. The summed E-state index contributed by atoms with van der Waals surface area (Å²) in [5.41, 5.74) is 3.20. The number of hydrogen-bond acceptors (Lipinski definition) is 2. The monoisotopic (exact) mass is 274 g/mol. The van der Waals surface area contributed by atoms with Gasteiger partial charge in [-0.1, -0.05) is 31.2 Å². The maximum atomic E-state index is 2.51. The normalized spacial score (nSPS) is 27.2. The Balaban J connectivity index is 2.24. The molecule has 2 rings (SSSR count). The summed E-state index contributed by atoms with van der Waals surface area (Å²) in [7, 11) is 6.76. The third-order valence-corrected chi connectivity index (χ3v) is 5.41. The highest BCUT2D eigenvalue weighted by Gasteiger charge is 2.40. The largest absolute Gasteiger partial charge is 0.304 e. The maximum absolute atomic E-state index is 2.51. The topological polar surface area (TPSA) is 6.48 Å². The van der Waals surface area contributed by atoms with Gasteiger partial charge in [-0.25, -0.2) is 0 Å². The van der Waals surface area contributed by atoms with Crippen molar-refractivity contribution in [2.75, 3.05) is 27.7 Å². The minimum Gasteiger partial charge on any atom is -0.304 e. The summed E-state index contributed by atoms with van der Waals surface area (Å²) in [5.74, 6) is 0. The Bertz CT molecular complexity index is 431. The fraction of sp³-hybridized carbons (Fsp3) is 0.667. The van der Waals surface area contributed by atoms with Crippen molar-refractivity contribution in [1.82, 2.24) is 9.80 Å². The van der Waals surface area contributed by atoms with E-state index in [1.165, 1.54) is 36.8 Å². The minimum absolute atomic E-state index is 0.233. The van der Waals surface area contributed by atoms with Crippen LogP contribution in [0.1, 0.15) is 43.7 Å². The van der Waals surface area contributed by atoms with Crippen molar-refractivity contribution in [2.24, 2.45) is 0 Å². The Labute approximate surface area is 124 Å². The van der Waals surface area contributed by atoms with Crippen LogP contribution in [0.4, 0.5) is 0 Å². The number of rotatable bonds is 4. The van der Waals surface area contributed by atoms with Crippen molar-refractivity contribution < 1.29 is 0 Å². The van der Waals surface area contributed by atoms with Crippen molar-refractivity contribution in [2.45, 2.75) is 51.1 Å². The SMILES string of the molecule is CCN(C)C1CCC(c2ccccc2C)(N(C)C)CC1. The van der Waals surface area contributed by atoms with Gasteiger partial charge in [-0.15, -0.1) is 0 Å². The highest BCUT2D eigenvalue weighted by atomic mass is 15.2. The van der Waals surface area contributed by atoms with Crippen LogP contribution in [0.5, 0.6) is 0 Å². The molecule has 0 amide bonds. The number of benzene rings is 1. The second-order valence-electron chi connectivity index (χ2n) is 6.55. The molecule has 1 aromatic rings. The van der Waals surface area contributed by atoms with Gasteiger partial charge in [-0.3, -0.25) is 4.90 Å². The molecule has 1 aliphatic carbocycles. The molecule has 0 heterocycles. The summed E-state index contributed by atoms with van der Waals surface area (Å²) in [6.45, 7) is 5.67. The predicted molar refractivity (Wildman–Crippen MR) is 87.1 cm³/mol. The zero-order valence-corrected chi connectivity index (χ0v) is 13.8. The van der Waals surface area contributed by atoms with Crippen LogP contribution in [0, 0.1) is 6.92 Å². The molecule has 0 spiro atoms. The minimum atomic E-state index is 0.233. The molecular weight excluding hydrogens is 244 g/mol. The molecule has 0 aliphatic heterocycles. The summed E-state index contributed by atoms with van der Waals surface area (Å²) in [5, 5.41) is 0. The van der Waals surface area contributed by atoms with Gasteiger partial charge in [0.1, 0.15) is 0 Å². The van der Waals surface area contributed by atoms with Crippen LogP contribution in [0.25, 0.3) is 0 Å². The van der Waals surface area contributed by atoms with Crippen LogP contribution in [-0.2, 0) is 5.54 Å². The molecule has 0 unspecified atom stereocenters. The molecule has 0 radical (unpaired) electrons. The zero-order valence-electron chi connectivity index (χ0n) is 13.8. The molecule has 1 fully saturated rings. The summed E-state index contributed by atoms with van der Waals surface area (Å²) >= 11 is 0. The molecule has 0 N–H and O–H groups in total. The molecule has 0 aromatic heterocycles. The van der Waals surface area contributed by atoms with E-state index in [1.807, 2.05) is 0 Å². The molecule has 1 aromatic carbocycles. The van der Waals surface area contributed by atoms with Crippen LogP contribution in [0.3, 0.4) is 0 Å². The first-order valence-corrected chi connectivity index (χ1v) is 7.95. The number of aryl methyl sites for hydroxylation is 1. The quantitative estimate of drug-likeness (QED) is 0.827. The Hall–Kier alpha value is -0.860. The van der Waals surface area contributed by atoms with E-state index in [-0.39, 0.29) is 5.54 Å². The Morgan fingerprint density at radius 3 is 2.20 bits per heavy atom. The molecule has 1 aliphatic rings. The summed E-state index contributed by atoms with van der Waals surface area (Å²) in [4.78, 5) is 4.97. The van der Waals surface area contributed by atoms with E-state index in [0.29, 0.717) is 0 Å². The van der Waals surface area contributed by atoms with Crippen molar-refractivity contribution in [3.05, 3.63) is 35.4 Å². The summed E-state index contributed by atoms with van der Waals surface area (Å²) in [6, 6.07) is 9.69. The van der Waals surface area contributed by atoms with E-state index < -0.39 is 0 Å². The van der Waals surface area contributed by atoms with E-state index in [4.69, 9.17) is 0 Å². The smallest absolute Gasteiger partial charge is 0.0458 e. The molecule has 0 saturated heterocycles. The maximum Gasteiger partial charge on any atom is 0.0458 e. The van der Waals surface area contributed by atoms with Gasteiger partial charge in [0.25, 0.3) is 0 Å². The van der Waals surface area contributed by atoms with Gasteiger partial charge in [0.2, 0.25) is 0 Å². The second-order valence-corrected chi connectivity index (χ2v) is 6.55. The van der Waals surface area contributed by atoms with Crippen molar-refractivity contribution in [3.63, 3.8) is 0 Å².